The molecule has 6 N–H and O–H groups in total. The van der Waals surface area contributed by atoms with Crippen LogP contribution in [0.15, 0.2) is 0 Å². The summed E-state index contributed by atoms with van der Waals surface area (Å²) in [5, 5.41) is 49.8. The van der Waals surface area contributed by atoms with Gasteiger partial charge in [-0.3, -0.25) is 0 Å². The van der Waals surface area contributed by atoms with Crippen molar-refractivity contribution in [3.8, 4) is 0 Å². The molecule has 0 aromatic heterocycles. The van der Waals surface area contributed by atoms with Crippen molar-refractivity contribution in [1.29, 1.82) is 0 Å². The molecule has 0 spiro atoms. The van der Waals surface area contributed by atoms with Gasteiger partial charge < -0.3 is 73.3 Å². The Balaban J connectivity index is -0.000000262. The number of aliphatic hydroxyl groups excluding tert-OH is 6. The summed E-state index contributed by atoms with van der Waals surface area (Å²) in [5.74, 6) is -5.24. The number of hydrogen-bond donors (Lipinski definition) is 6. The van der Waals surface area contributed by atoms with Gasteiger partial charge in [0, 0.05) is 54.0 Å². The summed E-state index contributed by atoms with van der Waals surface area (Å²) in [6.07, 6.45) is -3.24. The Morgan fingerprint density at radius 2 is 0.605 bits per heavy atom. The Labute approximate surface area is 269 Å². The van der Waals surface area contributed by atoms with Crippen LogP contribution in [0.5, 0.6) is 0 Å². The first-order valence-corrected chi connectivity index (χ1v) is 11.2. The number of carbonyl (C=O) groups excluding carboxylic acids is 6. The van der Waals surface area contributed by atoms with E-state index < -0.39 is 94.3 Å². The second kappa shape index (κ2) is 32.5. The zero-order chi connectivity index (χ0) is 32.9. The molecular formula is C21H36O21Y. The number of aliphatic hydroxyl groups is 6. The number of methoxy groups -OCH3 is 3. The monoisotopic (exact) mass is 713 g/mol. The van der Waals surface area contributed by atoms with Crippen LogP contribution in [0.4, 0.5) is 0 Å². The van der Waals surface area contributed by atoms with Gasteiger partial charge in [-0.05, 0) is 0 Å². The predicted molar refractivity (Wildman–Crippen MR) is 126 cm³/mol. The van der Waals surface area contributed by atoms with Crippen molar-refractivity contribution in [3.05, 3.63) is 0 Å². The molecule has 0 aliphatic heterocycles. The topological polar surface area (TPSA) is 307 Å². The molecule has 3 unspecified atom stereocenters. The number of ether oxygens (including phenoxy) is 9. The van der Waals surface area contributed by atoms with Crippen LogP contribution in [0.1, 0.15) is 0 Å². The molecule has 1 radical (unpaired) electrons. The van der Waals surface area contributed by atoms with Gasteiger partial charge in [0.1, 0.15) is 39.6 Å². The zero-order valence-corrected chi connectivity index (χ0v) is 26.3. The van der Waals surface area contributed by atoms with Crippen LogP contribution in [0.2, 0.25) is 0 Å². The molecule has 0 heterocycles. The van der Waals surface area contributed by atoms with Crippen LogP contribution < -0.4 is 0 Å². The minimum Gasteiger partial charge on any atom is -0.457 e. The van der Waals surface area contributed by atoms with Crippen LogP contribution in [-0.2, 0) is 104 Å². The maximum atomic E-state index is 10.6. The van der Waals surface area contributed by atoms with E-state index in [1.54, 1.807) is 0 Å². The molecule has 43 heavy (non-hydrogen) atoms. The molecule has 0 aromatic carbocycles. The first-order valence-electron chi connectivity index (χ1n) is 11.2. The van der Waals surface area contributed by atoms with Crippen molar-refractivity contribution in [1.82, 2.24) is 0 Å². The minimum atomic E-state index is -1.08. The standard InChI is InChI=1S/3C7H12O7.Y/c3*1-12-7(14-6(11)3-9)4-13-5(10)2-8;/h3*7-9H,2-4H2,1H3;. The second-order valence-electron chi connectivity index (χ2n) is 6.46. The van der Waals surface area contributed by atoms with Gasteiger partial charge in [-0.15, -0.1) is 0 Å². The molecule has 22 heteroatoms. The third-order valence-electron chi connectivity index (χ3n) is 3.49. The van der Waals surface area contributed by atoms with Gasteiger partial charge in [0.15, 0.2) is 19.8 Å². The first kappa shape index (κ1) is 47.5. The molecule has 0 aliphatic rings. The summed E-state index contributed by atoms with van der Waals surface area (Å²) < 4.78 is 40.5. The fraction of sp³-hybridized carbons (Fsp3) is 0.714. The van der Waals surface area contributed by atoms with Crippen LogP contribution in [0.3, 0.4) is 0 Å². The number of esters is 6. The molecule has 0 rings (SSSR count). The molecule has 0 bridgehead atoms. The third-order valence-corrected chi connectivity index (χ3v) is 3.49. The Morgan fingerprint density at radius 1 is 0.419 bits per heavy atom. The van der Waals surface area contributed by atoms with E-state index in [1.165, 1.54) is 21.3 Å². The predicted octanol–water partition coefficient (Wildman–Crippen LogP) is -5.91. The molecule has 0 amide bonds. The van der Waals surface area contributed by atoms with Gasteiger partial charge in [-0.2, -0.15) is 0 Å². The molecule has 0 aromatic rings. The Morgan fingerprint density at radius 3 is 0.744 bits per heavy atom. The van der Waals surface area contributed by atoms with Crippen molar-refractivity contribution < 1.29 is 135 Å². The fourth-order valence-electron chi connectivity index (χ4n) is 1.62. The quantitative estimate of drug-likeness (QED) is 0.0438. The van der Waals surface area contributed by atoms with Gasteiger partial charge in [0.2, 0.25) is 18.9 Å². The average Bonchev–Trinajstić information content (AvgIpc) is 3.02. The largest absolute Gasteiger partial charge is 0.457 e. The van der Waals surface area contributed by atoms with Gasteiger partial charge in [0.25, 0.3) is 0 Å². The van der Waals surface area contributed by atoms with Crippen LogP contribution in [0.25, 0.3) is 0 Å². The molecule has 249 valence electrons. The van der Waals surface area contributed by atoms with E-state index in [1.807, 2.05) is 0 Å². The minimum absolute atomic E-state index is 0. The Hall–Kier alpha value is -2.44. The smallest absolute Gasteiger partial charge is 0.334 e. The molecule has 0 fully saturated rings. The summed E-state index contributed by atoms with van der Waals surface area (Å²) >= 11 is 0. The SMILES string of the molecule is COC(COC(=O)CO)OC(=O)CO.COC(COC(=O)CO)OC(=O)CO.COC(COC(=O)CO)OC(=O)CO.[Y]. The molecule has 0 saturated carbocycles. The van der Waals surface area contributed by atoms with E-state index in [2.05, 4.69) is 42.6 Å². The average molecular weight is 713 g/mol. The fourth-order valence-corrected chi connectivity index (χ4v) is 1.62. The van der Waals surface area contributed by atoms with Crippen LogP contribution in [0, 0.1) is 0 Å². The molecule has 21 nitrogen and oxygen atoms in total. The normalized spacial score (nSPS) is 11.7. The van der Waals surface area contributed by atoms with Gasteiger partial charge in [-0.1, -0.05) is 0 Å². The summed E-state index contributed by atoms with van der Waals surface area (Å²) in [6.45, 7) is -5.63. The van der Waals surface area contributed by atoms with Crippen LogP contribution >= 0.6 is 0 Å². The third kappa shape index (κ3) is 30.8. The molecular weight excluding hydrogens is 677 g/mol. The molecule has 0 saturated heterocycles. The van der Waals surface area contributed by atoms with E-state index in [-0.39, 0.29) is 52.5 Å². The maximum absolute atomic E-state index is 10.6. The van der Waals surface area contributed by atoms with E-state index >= 15 is 0 Å². The van der Waals surface area contributed by atoms with Crippen molar-refractivity contribution in [2.24, 2.45) is 0 Å². The number of hydrogen-bond acceptors (Lipinski definition) is 21. The summed E-state index contributed by atoms with van der Waals surface area (Å²) in [5.41, 5.74) is 0. The maximum Gasteiger partial charge on any atom is 0.334 e. The number of rotatable bonds is 18. The molecule has 0 aliphatic carbocycles. The summed E-state index contributed by atoms with van der Waals surface area (Å²) in [7, 11) is 3.71. The van der Waals surface area contributed by atoms with Gasteiger partial charge >= 0.3 is 35.8 Å². The van der Waals surface area contributed by atoms with Crippen molar-refractivity contribution >= 4 is 35.8 Å². The van der Waals surface area contributed by atoms with Gasteiger partial charge in [-0.25, -0.2) is 28.8 Å². The van der Waals surface area contributed by atoms with E-state index in [0.29, 0.717) is 0 Å². The number of carbonyl (C=O) groups is 6. The van der Waals surface area contributed by atoms with Gasteiger partial charge in [0.05, 0.1) is 0 Å². The summed E-state index contributed by atoms with van der Waals surface area (Å²) in [4.78, 5) is 63.1. The Kier molecular flexibility index (Phi) is 35.9. The van der Waals surface area contributed by atoms with Crippen molar-refractivity contribution in [2.45, 2.75) is 18.9 Å². The summed E-state index contributed by atoms with van der Waals surface area (Å²) in [6, 6.07) is 0. The van der Waals surface area contributed by atoms with E-state index in [4.69, 9.17) is 30.6 Å². The van der Waals surface area contributed by atoms with E-state index in [0.717, 1.165) is 0 Å². The van der Waals surface area contributed by atoms with Crippen molar-refractivity contribution in [2.75, 3.05) is 80.8 Å². The first-order chi connectivity index (χ1) is 19.9. The van der Waals surface area contributed by atoms with E-state index in [9.17, 15) is 28.8 Å². The Bertz CT molecular complexity index is 678. The zero-order valence-electron chi connectivity index (χ0n) is 23.5. The molecule has 3 atom stereocenters. The van der Waals surface area contributed by atoms with Crippen molar-refractivity contribution in [3.63, 3.8) is 0 Å². The van der Waals surface area contributed by atoms with Crippen LogP contribution in [-0.4, -0.2) is 166 Å². The second-order valence-corrected chi connectivity index (χ2v) is 6.46.